The molecule has 139 valence electrons. The van der Waals surface area contributed by atoms with Gasteiger partial charge < -0.3 is 5.32 Å². The van der Waals surface area contributed by atoms with Gasteiger partial charge in [-0.2, -0.15) is 4.72 Å². The smallest absolute Gasteiger partial charge is 0.241 e. The van der Waals surface area contributed by atoms with E-state index in [0.29, 0.717) is 6.42 Å². The highest BCUT2D eigenvalue weighted by Gasteiger charge is 2.30. The Bertz CT molecular complexity index is 687. The Hall–Kier alpha value is -1.80. The molecule has 0 aliphatic rings. The van der Waals surface area contributed by atoms with Gasteiger partial charge in [-0.3, -0.25) is 9.59 Å². The highest BCUT2D eigenvalue weighted by atomic mass is 32.2. The first-order valence-electron chi connectivity index (χ1n) is 8.02. The van der Waals surface area contributed by atoms with E-state index >= 15 is 0 Å². The van der Waals surface area contributed by atoms with E-state index in [1.165, 1.54) is 0 Å². The van der Waals surface area contributed by atoms with Crippen LogP contribution in [0.2, 0.25) is 0 Å². The molecule has 0 fully saturated rings. The molecule has 2 atom stereocenters. The Morgan fingerprint density at radius 3 is 2.16 bits per heavy atom. The van der Waals surface area contributed by atoms with Crippen LogP contribution in [0, 0.1) is 17.7 Å². The first kappa shape index (κ1) is 21.2. The standard InChI is InChI=1S/C17H24FN2O4S/c1-11(2)9-14(10-21)19-17(22)16(12(3)4)20-25(23,24)15-7-5-13(18)6-8-15/h5-8,11-12,14,16,20H,9H2,1-4H3,(H,19,22)/t14-,16-/m0/s1. The second-order valence-electron chi connectivity index (χ2n) is 6.61. The number of hydrogen-bond acceptors (Lipinski definition) is 4. The zero-order valence-corrected chi connectivity index (χ0v) is 15.6. The van der Waals surface area contributed by atoms with Gasteiger partial charge in [0.1, 0.15) is 11.9 Å². The largest absolute Gasteiger partial charge is 0.344 e. The summed E-state index contributed by atoms with van der Waals surface area (Å²) in [4.78, 5) is 23.3. The normalized spacial score (nSPS) is 14.4. The predicted molar refractivity (Wildman–Crippen MR) is 92.4 cm³/mol. The van der Waals surface area contributed by atoms with Crippen LogP contribution in [0.3, 0.4) is 0 Å². The molecule has 0 aliphatic carbocycles. The van der Waals surface area contributed by atoms with Gasteiger partial charge >= 0.3 is 0 Å². The van der Waals surface area contributed by atoms with E-state index in [-0.39, 0.29) is 16.7 Å². The molecule has 1 rings (SSSR count). The highest BCUT2D eigenvalue weighted by Crippen LogP contribution is 2.13. The monoisotopic (exact) mass is 371 g/mol. The summed E-state index contributed by atoms with van der Waals surface area (Å²) >= 11 is 0. The number of carbonyl (C=O) groups excluding carboxylic acids is 2. The average molecular weight is 371 g/mol. The molecule has 0 saturated carbocycles. The maximum atomic E-state index is 13.0. The molecule has 25 heavy (non-hydrogen) atoms. The fourth-order valence-electron chi connectivity index (χ4n) is 2.21. The van der Waals surface area contributed by atoms with Crippen LogP contribution in [-0.4, -0.2) is 32.7 Å². The van der Waals surface area contributed by atoms with Crippen LogP contribution in [0.5, 0.6) is 0 Å². The summed E-state index contributed by atoms with van der Waals surface area (Å²) in [6.07, 6.45) is 2.17. The van der Waals surface area contributed by atoms with Crippen molar-refractivity contribution >= 4 is 22.2 Å². The molecule has 2 N–H and O–H groups in total. The molecule has 0 spiro atoms. The average Bonchev–Trinajstić information content (AvgIpc) is 2.51. The van der Waals surface area contributed by atoms with Crippen molar-refractivity contribution in [2.45, 2.75) is 51.1 Å². The van der Waals surface area contributed by atoms with Crippen molar-refractivity contribution in [1.29, 1.82) is 0 Å². The minimum atomic E-state index is -4.01. The highest BCUT2D eigenvalue weighted by molar-refractivity contribution is 7.89. The topological polar surface area (TPSA) is 92.3 Å². The molecule has 0 saturated heterocycles. The Morgan fingerprint density at radius 2 is 1.72 bits per heavy atom. The number of sulfonamides is 1. The number of carbonyl (C=O) groups is 1. The van der Waals surface area contributed by atoms with Crippen LogP contribution in [0.1, 0.15) is 34.1 Å². The summed E-state index contributed by atoms with van der Waals surface area (Å²) in [6.45, 7) is 7.15. The Labute approximate surface area is 148 Å². The lowest BCUT2D eigenvalue weighted by Crippen LogP contribution is -2.52. The van der Waals surface area contributed by atoms with Crippen LogP contribution in [-0.2, 0) is 19.6 Å². The van der Waals surface area contributed by atoms with Crippen LogP contribution in [0.25, 0.3) is 0 Å². The molecule has 1 aromatic rings. The van der Waals surface area contributed by atoms with E-state index in [1.807, 2.05) is 13.8 Å². The number of amides is 1. The molecule has 8 heteroatoms. The number of rotatable bonds is 9. The van der Waals surface area contributed by atoms with Gasteiger partial charge in [-0.1, -0.05) is 27.7 Å². The molecule has 6 nitrogen and oxygen atoms in total. The maximum Gasteiger partial charge on any atom is 0.241 e. The van der Waals surface area contributed by atoms with Crippen molar-refractivity contribution in [3.63, 3.8) is 0 Å². The SMILES string of the molecule is CC(C)C[C@@H]([C]=O)NC(=O)[C@@H](NS(=O)(=O)c1ccc(F)cc1)C(C)C. The van der Waals surface area contributed by atoms with Gasteiger partial charge in [0.25, 0.3) is 0 Å². The number of halogens is 1. The molecule has 0 aliphatic heterocycles. The van der Waals surface area contributed by atoms with Crippen LogP contribution < -0.4 is 10.0 Å². The molecule has 0 heterocycles. The van der Waals surface area contributed by atoms with E-state index in [1.54, 1.807) is 20.1 Å². The van der Waals surface area contributed by atoms with Crippen LogP contribution >= 0.6 is 0 Å². The summed E-state index contributed by atoms with van der Waals surface area (Å²) in [5, 5.41) is 2.51. The van der Waals surface area contributed by atoms with Crippen LogP contribution in [0.4, 0.5) is 4.39 Å². The molecule has 0 bridgehead atoms. The third kappa shape index (κ3) is 6.55. The summed E-state index contributed by atoms with van der Waals surface area (Å²) in [5.74, 6) is -1.36. The van der Waals surface area contributed by atoms with E-state index in [0.717, 1.165) is 24.3 Å². The van der Waals surface area contributed by atoms with Crippen molar-refractivity contribution in [3.8, 4) is 0 Å². The Morgan fingerprint density at radius 1 is 1.16 bits per heavy atom. The summed E-state index contributed by atoms with van der Waals surface area (Å²) in [7, 11) is -4.01. The number of nitrogens with one attached hydrogen (secondary N) is 2. The second-order valence-corrected chi connectivity index (χ2v) is 8.32. The van der Waals surface area contributed by atoms with Gasteiger partial charge in [-0.05, 0) is 42.5 Å². The van der Waals surface area contributed by atoms with Crippen molar-refractivity contribution in [1.82, 2.24) is 10.0 Å². The lowest BCUT2D eigenvalue weighted by Gasteiger charge is -2.23. The van der Waals surface area contributed by atoms with E-state index in [2.05, 4.69) is 10.0 Å². The third-order valence-corrected chi connectivity index (χ3v) is 4.98. The molecule has 1 aromatic carbocycles. The van der Waals surface area contributed by atoms with Gasteiger partial charge in [0.15, 0.2) is 0 Å². The lowest BCUT2D eigenvalue weighted by atomic mass is 10.0. The molecule has 0 aromatic heterocycles. The number of hydrogen-bond donors (Lipinski definition) is 2. The zero-order valence-electron chi connectivity index (χ0n) is 14.7. The van der Waals surface area contributed by atoms with Gasteiger partial charge in [-0.15, -0.1) is 0 Å². The summed E-state index contributed by atoms with van der Waals surface area (Å²) < 4.78 is 40.1. The van der Waals surface area contributed by atoms with Crippen molar-refractivity contribution in [2.75, 3.05) is 0 Å². The minimum Gasteiger partial charge on any atom is -0.344 e. The van der Waals surface area contributed by atoms with E-state index < -0.39 is 33.8 Å². The first-order chi connectivity index (χ1) is 11.6. The molecule has 1 radical (unpaired) electrons. The van der Waals surface area contributed by atoms with Crippen molar-refractivity contribution < 1.29 is 22.4 Å². The quantitative estimate of drug-likeness (QED) is 0.692. The van der Waals surface area contributed by atoms with Gasteiger partial charge in [0.2, 0.25) is 22.2 Å². The zero-order chi connectivity index (χ0) is 19.2. The van der Waals surface area contributed by atoms with Gasteiger partial charge in [-0.25, -0.2) is 12.8 Å². The summed E-state index contributed by atoms with van der Waals surface area (Å²) in [5.41, 5.74) is 0. The third-order valence-electron chi connectivity index (χ3n) is 3.52. The lowest BCUT2D eigenvalue weighted by molar-refractivity contribution is -0.124. The summed E-state index contributed by atoms with van der Waals surface area (Å²) in [6, 6.07) is 2.42. The maximum absolute atomic E-state index is 13.0. The van der Waals surface area contributed by atoms with E-state index in [9.17, 15) is 22.4 Å². The molecule has 1 amide bonds. The van der Waals surface area contributed by atoms with Gasteiger partial charge in [0, 0.05) is 0 Å². The Kier molecular flexibility index (Phi) is 7.69. The van der Waals surface area contributed by atoms with E-state index in [4.69, 9.17) is 0 Å². The minimum absolute atomic E-state index is 0.145. The van der Waals surface area contributed by atoms with Crippen molar-refractivity contribution in [3.05, 3.63) is 30.1 Å². The van der Waals surface area contributed by atoms with Crippen LogP contribution in [0.15, 0.2) is 29.2 Å². The predicted octanol–water partition coefficient (Wildman–Crippen LogP) is 1.77. The number of benzene rings is 1. The van der Waals surface area contributed by atoms with Gasteiger partial charge in [0.05, 0.1) is 10.9 Å². The fourth-order valence-corrected chi connectivity index (χ4v) is 3.55. The second kappa shape index (κ2) is 9.05. The van der Waals surface area contributed by atoms with Crippen molar-refractivity contribution in [2.24, 2.45) is 11.8 Å². The molecular formula is C17H24FN2O4S. The molecular weight excluding hydrogens is 347 g/mol. The fraction of sp³-hybridized carbons (Fsp3) is 0.529. The first-order valence-corrected chi connectivity index (χ1v) is 9.51. The molecule has 0 unspecified atom stereocenters. The Balaban J connectivity index is 2.94.